The summed E-state index contributed by atoms with van der Waals surface area (Å²) in [6.07, 6.45) is 11.0. The van der Waals surface area contributed by atoms with Gasteiger partial charge in [-0.15, -0.1) is 0 Å². The summed E-state index contributed by atoms with van der Waals surface area (Å²) in [5, 5.41) is 20.1. The topological polar surface area (TPSA) is 57.5 Å². The summed E-state index contributed by atoms with van der Waals surface area (Å²) in [6.45, 7) is 16.3. The van der Waals surface area contributed by atoms with E-state index < -0.39 is 0 Å². The molecular formula is C30H48O3. The second-order valence-corrected chi connectivity index (χ2v) is 13.5. The van der Waals surface area contributed by atoms with Crippen LogP contribution in [0.1, 0.15) is 106 Å². The van der Waals surface area contributed by atoms with Gasteiger partial charge in [-0.2, -0.15) is 0 Å². The lowest BCUT2D eigenvalue weighted by Gasteiger charge is -2.61. The minimum atomic E-state index is -0.266. The van der Waals surface area contributed by atoms with Crippen LogP contribution in [0.25, 0.3) is 0 Å². The van der Waals surface area contributed by atoms with Gasteiger partial charge in [0.05, 0.1) is 12.7 Å². The fourth-order valence-electron chi connectivity index (χ4n) is 9.29. The van der Waals surface area contributed by atoms with E-state index in [-0.39, 0.29) is 34.4 Å². The quantitative estimate of drug-likeness (QED) is 0.456. The van der Waals surface area contributed by atoms with E-state index in [2.05, 4.69) is 47.6 Å². The van der Waals surface area contributed by atoms with E-state index in [1.807, 2.05) is 6.92 Å². The van der Waals surface area contributed by atoms with Crippen molar-refractivity contribution in [3.05, 3.63) is 22.8 Å². The predicted octanol–water partition coefficient (Wildman–Crippen LogP) is 6.63. The van der Waals surface area contributed by atoms with Crippen molar-refractivity contribution in [2.75, 3.05) is 6.61 Å². The molecule has 3 nitrogen and oxygen atoms in total. The zero-order valence-corrected chi connectivity index (χ0v) is 22.3. The van der Waals surface area contributed by atoms with Gasteiger partial charge < -0.3 is 10.2 Å². The summed E-state index contributed by atoms with van der Waals surface area (Å²) >= 11 is 0. The Labute approximate surface area is 202 Å². The molecule has 0 radical (unpaired) electrons. The molecule has 0 heterocycles. The normalized spacial score (nSPS) is 43.7. The van der Waals surface area contributed by atoms with E-state index >= 15 is 0 Å². The maximum atomic E-state index is 14.0. The van der Waals surface area contributed by atoms with Crippen molar-refractivity contribution in [3.8, 4) is 0 Å². The fourth-order valence-corrected chi connectivity index (χ4v) is 9.29. The molecule has 7 atom stereocenters. The number of hydrogen-bond acceptors (Lipinski definition) is 3. The van der Waals surface area contributed by atoms with Crippen molar-refractivity contribution >= 4 is 5.78 Å². The van der Waals surface area contributed by atoms with Crippen LogP contribution in [0.4, 0.5) is 0 Å². The number of hydrogen-bond donors (Lipinski definition) is 2. The Bertz CT molecular complexity index is 866. The minimum Gasteiger partial charge on any atom is -0.393 e. The molecule has 4 aliphatic rings. The molecule has 33 heavy (non-hydrogen) atoms. The van der Waals surface area contributed by atoms with Crippen LogP contribution in [0.2, 0.25) is 0 Å². The molecular weight excluding hydrogens is 408 g/mol. The van der Waals surface area contributed by atoms with E-state index in [9.17, 15) is 15.0 Å². The third kappa shape index (κ3) is 3.54. The number of Topliss-reactive ketones (excluding diaryl/α,β-unsaturated/α-hetero) is 1. The van der Waals surface area contributed by atoms with Gasteiger partial charge in [0, 0.05) is 12.0 Å². The molecule has 186 valence electrons. The molecule has 2 N–H and O–H groups in total. The summed E-state index contributed by atoms with van der Waals surface area (Å²) in [5.74, 6) is 1.94. The Morgan fingerprint density at radius 2 is 1.82 bits per heavy atom. The molecule has 4 rings (SSSR count). The zero-order valence-electron chi connectivity index (χ0n) is 22.3. The van der Waals surface area contributed by atoms with Crippen molar-refractivity contribution in [1.29, 1.82) is 0 Å². The van der Waals surface area contributed by atoms with Crippen molar-refractivity contribution in [1.82, 2.24) is 0 Å². The lowest BCUT2D eigenvalue weighted by atomic mass is 9.43. The van der Waals surface area contributed by atoms with Gasteiger partial charge in [0.1, 0.15) is 0 Å². The number of fused-ring (bicyclic) bond motifs is 4. The van der Waals surface area contributed by atoms with Crippen LogP contribution in [0, 0.1) is 39.4 Å². The lowest BCUT2D eigenvalue weighted by molar-refractivity contribution is -0.131. The summed E-state index contributed by atoms with van der Waals surface area (Å²) in [7, 11) is 0. The van der Waals surface area contributed by atoms with Gasteiger partial charge in [-0.3, -0.25) is 4.79 Å². The van der Waals surface area contributed by atoms with Crippen LogP contribution in [-0.4, -0.2) is 28.7 Å². The second-order valence-electron chi connectivity index (χ2n) is 13.5. The molecule has 0 aliphatic heterocycles. The van der Waals surface area contributed by atoms with Gasteiger partial charge in [-0.05, 0) is 97.7 Å². The molecule has 0 aromatic heterocycles. The summed E-state index contributed by atoms with van der Waals surface area (Å²) in [6, 6.07) is 0. The highest BCUT2D eigenvalue weighted by molar-refractivity contribution is 5.99. The maximum absolute atomic E-state index is 14.0. The average molecular weight is 457 g/mol. The minimum absolute atomic E-state index is 0.0327. The number of rotatable bonds is 5. The van der Waals surface area contributed by atoms with Crippen LogP contribution in [0.5, 0.6) is 0 Å². The summed E-state index contributed by atoms with van der Waals surface area (Å²) < 4.78 is 0. The molecule has 0 saturated heterocycles. The van der Waals surface area contributed by atoms with Gasteiger partial charge in [-0.25, -0.2) is 0 Å². The number of ketones is 1. The zero-order chi connectivity index (χ0) is 24.4. The van der Waals surface area contributed by atoms with E-state index in [4.69, 9.17) is 0 Å². The Morgan fingerprint density at radius 3 is 2.48 bits per heavy atom. The molecule has 4 aliphatic carbocycles. The van der Waals surface area contributed by atoms with Crippen LogP contribution in [0.15, 0.2) is 22.8 Å². The van der Waals surface area contributed by atoms with Crippen molar-refractivity contribution in [3.63, 3.8) is 0 Å². The van der Waals surface area contributed by atoms with Gasteiger partial charge in [0.25, 0.3) is 0 Å². The predicted molar refractivity (Wildman–Crippen MR) is 135 cm³/mol. The van der Waals surface area contributed by atoms with E-state index in [1.54, 1.807) is 0 Å². The van der Waals surface area contributed by atoms with Gasteiger partial charge >= 0.3 is 0 Å². The first-order chi connectivity index (χ1) is 15.3. The smallest absolute Gasteiger partial charge is 0.159 e. The Balaban J connectivity index is 1.67. The van der Waals surface area contributed by atoms with E-state index in [0.717, 1.165) is 44.1 Å². The molecule has 0 spiro atoms. The Morgan fingerprint density at radius 1 is 1.12 bits per heavy atom. The van der Waals surface area contributed by atoms with Crippen LogP contribution in [0.3, 0.4) is 0 Å². The van der Waals surface area contributed by atoms with Crippen molar-refractivity contribution in [2.24, 2.45) is 39.4 Å². The third-order valence-electron chi connectivity index (χ3n) is 11.6. The largest absolute Gasteiger partial charge is 0.393 e. The molecule has 2 fully saturated rings. The highest BCUT2D eigenvalue weighted by atomic mass is 16.3. The average Bonchev–Trinajstić information content (AvgIpc) is 3.02. The second kappa shape index (κ2) is 8.33. The van der Waals surface area contributed by atoms with Crippen LogP contribution < -0.4 is 0 Å². The lowest BCUT2D eigenvalue weighted by Crippen LogP contribution is -2.57. The van der Waals surface area contributed by atoms with E-state index in [0.29, 0.717) is 30.0 Å². The first kappa shape index (κ1) is 25.2. The van der Waals surface area contributed by atoms with Crippen molar-refractivity contribution < 1.29 is 15.0 Å². The van der Waals surface area contributed by atoms with Gasteiger partial charge in [0.2, 0.25) is 0 Å². The van der Waals surface area contributed by atoms with E-state index in [1.165, 1.54) is 24.0 Å². The highest BCUT2D eigenvalue weighted by Gasteiger charge is 2.65. The van der Waals surface area contributed by atoms with Crippen LogP contribution in [-0.2, 0) is 4.79 Å². The third-order valence-corrected chi connectivity index (χ3v) is 11.6. The van der Waals surface area contributed by atoms with Gasteiger partial charge in [0.15, 0.2) is 5.78 Å². The number of aliphatic hydroxyl groups excluding tert-OH is 2. The van der Waals surface area contributed by atoms with Crippen molar-refractivity contribution in [2.45, 2.75) is 112 Å². The summed E-state index contributed by atoms with van der Waals surface area (Å²) in [5.41, 5.74) is 3.66. The van der Waals surface area contributed by atoms with Gasteiger partial charge in [-0.1, -0.05) is 58.8 Å². The number of carbonyl (C=O) groups excluding carboxylic acids is 1. The molecule has 0 bridgehead atoms. The molecule has 0 aromatic rings. The monoisotopic (exact) mass is 456 g/mol. The number of carbonyl (C=O) groups is 1. The maximum Gasteiger partial charge on any atom is 0.159 e. The standard InChI is InChI=1S/C30H48O3/c1-19(18-31)9-8-10-20(2)21-13-16-29(6)22-11-12-24-27(3,4)25(33)14-15-28(24,5)26(22)23(32)17-30(21,29)7/h9,20-21,24-25,31,33H,8,10-18H2,1-7H3/b19-9+/t20-,21+,24+,25+,28+,29-,30+/m1/s1. The number of aliphatic hydroxyl groups is 2. The Kier molecular flexibility index (Phi) is 6.35. The molecule has 3 heteroatoms. The first-order valence-electron chi connectivity index (χ1n) is 13.5. The SMILES string of the molecule is C/C(=C\CC[C@@H](C)[C@@H]1CC[C@]2(C)C3=C(C(=O)C[C@@]12C)[C@@]1(C)CC[C@H](O)C(C)(C)[C@@H]1CC3)CO. The first-order valence-corrected chi connectivity index (χ1v) is 13.5. The molecule has 0 amide bonds. The molecule has 0 aromatic carbocycles. The van der Waals surface area contributed by atoms with Crippen LogP contribution >= 0.6 is 0 Å². The summed E-state index contributed by atoms with van der Waals surface area (Å²) in [4.78, 5) is 14.0. The fraction of sp³-hybridized carbons (Fsp3) is 0.833. The number of allylic oxidation sites excluding steroid dienone is 3. The highest BCUT2D eigenvalue weighted by Crippen LogP contribution is 2.71. The molecule has 2 saturated carbocycles. The Hall–Kier alpha value is -0.930. The molecule has 0 unspecified atom stereocenters.